The van der Waals surface area contributed by atoms with Crippen molar-refractivity contribution in [3.8, 4) is 0 Å². The second-order valence-electron chi connectivity index (χ2n) is 8.42. The Balaban J connectivity index is 3.15. The van der Waals surface area contributed by atoms with Crippen molar-refractivity contribution in [1.82, 2.24) is 4.90 Å². The van der Waals surface area contributed by atoms with Crippen LogP contribution in [0.15, 0.2) is 29.9 Å². The molecule has 0 saturated heterocycles. The van der Waals surface area contributed by atoms with E-state index in [0.29, 0.717) is 29.6 Å². The number of hydrogen-bond donors (Lipinski definition) is 0. The Morgan fingerprint density at radius 2 is 1.41 bits per heavy atom. The van der Waals surface area contributed by atoms with Crippen LogP contribution in [0.2, 0.25) is 0 Å². The minimum absolute atomic E-state index is 0.196. The highest BCUT2D eigenvalue weighted by molar-refractivity contribution is 5.76. The molecule has 0 saturated carbocycles. The molecular weight excluding hydrogens is 414 g/mol. The summed E-state index contributed by atoms with van der Waals surface area (Å²) in [5, 5.41) is 0. The van der Waals surface area contributed by atoms with Crippen LogP contribution in [0.4, 0.5) is 17.6 Å². The highest BCUT2D eigenvalue weighted by atomic mass is 19.2. The standard InChI is InChI=1S/C27H39F4N/c1-8-11-12-13-14-16-32(10-3)17-15-19(5)22(18(4)9-2)20(6)23-24(28)21(7)25(29)27(31)26(23)30/h4-5,8-17H2,1-3,6-7H3/b22-20+. The average Bonchev–Trinajstić information content (AvgIpc) is 2.78. The molecule has 0 N–H and O–H groups in total. The van der Waals surface area contributed by atoms with Gasteiger partial charge in [-0.05, 0) is 68.5 Å². The van der Waals surface area contributed by atoms with Gasteiger partial charge in [0.05, 0.1) is 5.56 Å². The van der Waals surface area contributed by atoms with E-state index < -0.39 is 34.4 Å². The number of benzene rings is 1. The zero-order chi connectivity index (χ0) is 24.4. The molecule has 0 unspecified atom stereocenters. The molecule has 0 spiro atoms. The molecule has 1 nitrogen and oxygen atoms in total. The SMILES string of the molecule is C=C(CC)/C(C(=C)CCN(CC)CCCCCCC)=C(/C)c1c(F)c(C)c(F)c(F)c1F. The van der Waals surface area contributed by atoms with E-state index in [2.05, 4.69) is 31.9 Å². The van der Waals surface area contributed by atoms with Gasteiger partial charge in [0.15, 0.2) is 17.5 Å². The molecule has 0 aliphatic carbocycles. The zero-order valence-corrected chi connectivity index (χ0v) is 20.4. The third kappa shape index (κ3) is 7.06. The number of allylic oxidation sites excluding steroid dienone is 3. The molecule has 0 aliphatic rings. The molecule has 0 radical (unpaired) electrons. The second kappa shape index (κ2) is 13.6. The normalized spacial score (nSPS) is 12.3. The predicted octanol–water partition coefficient (Wildman–Crippen LogP) is 8.53. The van der Waals surface area contributed by atoms with E-state index >= 15 is 0 Å². The van der Waals surface area contributed by atoms with Crippen molar-refractivity contribution in [2.24, 2.45) is 0 Å². The first-order chi connectivity index (χ1) is 15.1. The minimum Gasteiger partial charge on any atom is -0.303 e. The molecule has 0 aromatic heterocycles. The summed E-state index contributed by atoms with van der Waals surface area (Å²) < 4.78 is 57.2. The monoisotopic (exact) mass is 453 g/mol. The Morgan fingerprint density at radius 1 is 0.781 bits per heavy atom. The highest BCUT2D eigenvalue weighted by Gasteiger charge is 2.26. The molecule has 1 aromatic rings. The molecule has 180 valence electrons. The van der Waals surface area contributed by atoms with Gasteiger partial charge in [0.2, 0.25) is 0 Å². The van der Waals surface area contributed by atoms with E-state index in [9.17, 15) is 17.6 Å². The molecule has 0 aliphatic heterocycles. The van der Waals surface area contributed by atoms with Gasteiger partial charge in [0.1, 0.15) is 5.82 Å². The number of unbranched alkanes of at least 4 members (excludes halogenated alkanes) is 4. The van der Waals surface area contributed by atoms with Crippen molar-refractivity contribution in [3.63, 3.8) is 0 Å². The average molecular weight is 454 g/mol. The Morgan fingerprint density at radius 3 is 1.97 bits per heavy atom. The van der Waals surface area contributed by atoms with E-state index in [1.807, 2.05) is 6.92 Å². The summed E-state index contributed by atoms with van der Waals surface area (Å²) in [6, 6.07) is 0. The van der Waals surface area contributed by atoms with Gasteiger partial charge in [-0.15, -0.1) is 0 Å². The lowest BCUT2D eigenvalue weighted by atomic mass is 9.87. The van der Waals surface area contributed by atoms with Crippen LogP contribution in [-0.4, -0.2) is 24.5 Å². The van der Waals surface area contributed by atoms with Gasteiger partial charge in [-0.1, -0.05) is 59.6 Å². The fourth-order valence-electron chi connectivity index (χ4n) is 3.95. The topological polar surface area (TPSA) is 3.24 Å². The smallest absolute Gasteiger partial charge is 0.195 e. The Kier molecular flexibility index (Phi) is 12.0. The maximum atomic E-state index is 14.8. The zero-order valence-electron chi connectivity index (χ0n) is 20.4. The van der Waals surface area contributed by atoms with Crippen LogP contribution in [0.5, 0.6) is 0 Å². The van der Waals surface area contributed by atoms with Crippen LogP contribution in [0.25, 0.3) is 5.57 Å². The molecular formula is C27H39F4N. The Bertz CT molecular complexity index is 810. The molecule has 32 heavy (non-hydrogen) atoms. The second-order valence-corrected chi connectivity index (χ2v) is 8.42. The fourth-order valence-corrected chi connectivity index (χ4v) is 3.95. The Labute approximate surface area is 191 Å². The number of hydrogen-bond acceptors (Lipinski definition) is 1. The molecule has 1 rings (SSSR count). The molecule has 1 aromatic carbocycles. The van der Waals surface area contributed by atoms with Crippen molar-refractivity contribution in [1.29, 1.82) is 0 Å². The van der Waals surface area contributed by atoms with Crippen LogP contribution in [-0.2, 0) is 0 Å². The van der Waals surface area contributed by atoms with Gasteiger partial charge in [0.25, 0.3) is 0 Å². The summed E-state index contributed by atoms with van der Waals surface area (Å²) in [7, 11) is 0. The summed E-state index contributed by atoms with van der Waals surface area (Å²) in [4.78, 5) is 2.33. The highest BCUT2D eigenvalue weighted by Crippen LogP contribution is 2.35. The first-order valence-corrected chi connectivity index (χ1v) is 11.7. The number of rotatable bonds is 14. The summed E-state index contributed by atoms with van der Waals surface area (Å²) in [5.41, 5.74) is 1.01. The Hall–Kier alpha value is -1.88. The molecule has 0 atom stereocenters. The number of halogens is 4. The van der Waals surface area contributed by atoms with E-state index in [-0.39, 0.29) is 5.57 Å². The lowest BCUT2D eigenvalue weighted by Gasteiger charge is -2.23. The van der Waals surface area contributed by atoms with Gasteiger partial charge < -0.3 is 4.90 Å². The van der Waals surface area contributed by atoms with Crippen molar-refractivity contribution in [2.75, 3.05) is 19.6 Å². The van der Waals surface area contributed by atoms with Gasteiger partial charge in [-0.3, -0.25) is 0 Å². The third-order valence-corrected chi connectivity index (χ3v) is 6.12. The number of nitrogens with zero attached hydrogens (tertiary/aromatic N) is 1. The summed E-state index contributed by atoms with van der Waals surface area (Å²) >= 11 is 0. The predicted molar refractivity (Wildman–Crippen MR) is 128 cm³/mol. The summed E-state index contributed by atoms with van der Waals surface area (Å²) in [6.45, 7) is 19.7. The first-order valence-electron chi connectivity index (χ1n) is 11.7. The summed E-state index contributed by atoms with van der Waals surface area (Å²) in [6.07, 6.45) is 7.20. The lowest BCUT2D eigenvalue weighted by molar-refractivity contribution is 0.284. The van der Waals surface area contributed by atoms with Crippen LogP contribution >= 0.6 is 0 Å². The summed E-state index contributed by atoms with van der Waals surface area (Å²) in [5.74, 6) is -5.76. The lowest BCUT2D eigenvalue weighted by Crippen LogP contribution is -2.26. The quantitative estimate of drug-likeness (QED) is 0.0897. The maximum absolute atomic E-state index is 14.8. The fraction of sp³-hybridized carbons (Fsp3) is 0.556. The van der Waals surface area contributed by atoms with E-state index in [0.717, 1.165) is 33.0 Å². The van der Waals surface area contributed by atoms with Crippen molar-refractivity contribution in [2.45, 2.75) is 79.6 Å². The van der Waals surface area contributed by atoms with Gasteiger partial charge >= 0.3 is 0 Å². The molecule has 0 amide bonds. The van der Waals surface area contributed by atoms with E-state index in [1.54, 1.807) is 0 Å². The molecule has 0 bridgehead atoms. The first kappa shape index (κ1) is 28.2. The maximum Gasteiger partial charge on any atom is 0.195 e. The van der Waals surface area contributed by atoms with Crippen LogP contribution in [0.1, 0.15) is 83.8 Å². The molecule has 0 heterocycles. The minimum atomic E-state index is -1.66. The van der Waals surface area contributed by atoms with Crippen LogP contribution in [0.3, 0.4) is 0 Å². The van der Waals surface area contributed by atoms with E-state index in [4.69, 9.17) is 0 Å². The van der Waals surface area contributed by atoms with E-state index in [1.165, 1.54) is 32.6 Å². The van der Waals surface area contributed by atoms with Crippen molar-refractivity contribution in [3.05, 3.63) is 64.3 Å². The van der Waals surface area contributed by atoms with Crippen molar-refractivity contribution >= 4 is 5.57 Å². The van der Waals surface area contributed by atoms with Gasteiger partial charge in [-0.2, -0.15) is 0 Å². The molecule has 5 heteroatoms. The van der Waals surface area contributed by atoms with Gasteiger partial charge in [0, 0.05) is 12.1 Å². The van der Waals surface area contributed by atoms with Crippen LogP contribution < -0.4 is 0 Å². The third-order valence-electron chi connectivity index (χ3n) is 6.12. The van der Waals surface area contributed by atoms with Gasteiger partial charge in [-0.25, -0.2) is 17.6 Å². The molecule has 0 fully saturated rings. The van der Waals surface area contributed by atoms with Crippen molar-refractivity contribution < 1.29 is 17.6 Å². The largest absolute Gasteiger partial charge is 0.303 e. The van der Waals surface area contributed by atoms with Crippen LogP contribution in [0, 0.1) is 30.2 Å².